The maximum Gasteiger partial charge on any atom is 0.317 e. The molecule has 2 N–H and O–H groups in total. The Labute approximate surface area is 130 Å². The van der Waals surface area contributed by atoms with E-state index < -0.39 is 5.97 Å². The summed E-state index contributed by atoms with van der Waals surface area (Å²) in [5.41, 5.74) is 0. The van der Waals surface area contributed by atoms with Crippen LogP contribution >= 0.6 is 11.8 Å². The minimum Gasteiger partial charge on any atom is -0.481 e. The minimum atomic E-state index is -0.774. The summed E-state index contributed by atoms with van der Waals surface area (Å²) in [5.74, 6) is -1.05. The first-order chi connectivity index (χ1) is 9.97. The van der Waals surface area contributed by atoms with Crippen LogP contribution in [-0.2, 0) is 4.79 Å². The number of nitrogens with one attached hydrogen (secondary N) is 1. The van der Waals surface area contributed by atoms with Crippen molar-refractivity contribution >= 4 is 23.8 Å². The van der Waals surface area contributed by atoms with Crippen LogP contribution in [0.1, 0.15) is 39.0 Å². The average Bonchev–Trinajstić information content (AvgIpc) is 2.44. The summed E-state index contributed by atoms with van der Waals surface area (Å²) in [6, 6.07) is -0.0390. The number of thioether (sulfide) groups is 1. The summed E-state index contributed by atoms with van der Waals surface area (Å²) in [5, 5.41) is 12.0. The van der Waals surface area contributed by atoms with Gasteiger partial charge in [-0.3, -0.25) is 4.79 Å². The average molecular weight is 314 g/mol. The molecular weight excluding hydrogens is 288 g/mol. The third-order valence-electron chi connectivity index (χ3n) is 5.05. The second kappa shape index (κ2) is 6.90. The van der Waals surface area contributed by atoms with Gasteiger partial charge in [0.1, 0.15) is 0 Å². The molecule has 0 aromatic carbocycles. The Morgan fingerprint density at radius 2 is 1.95 bits per heavy atom. The summed E-state index contributed by atoms with van der Waals surface area (Å²) in [4.78, 5) is 24.7. The number of carboxylic acid groups (broad SMARTS) is 1. The molecule has 1 saturated heterocycles. The molecular formula is C15H26N2O3S. The molecule has 0 bridgehead atoms. The summed E-state index contributed by atoms with van der Waals surface area (Å²) < 4.78 is 0.201. The molecule has 0 aromatic heterocycles. The van der Waals surface area contributed by atoms with Crippen molar-refractivity contribution in [3.8, 4) is 0 Å². The van der Waals surface area contributed by atoms with Gasteiger partial charge in [-0.25, -0.2) is 4.79 Å². The topological polar surface area (TPSA) is 69.6 Å². The smallest absolute Gasteiger partial charge is 0.317 e. The van der Waals surface area contributed by atoms with Crippen molar-refractivity contribution in [3.05, 3.63) is 0 Å². The molecule has 1 saturated carbocycles. The number of carboxylic acids is 1. The van der Waals surface area contributed by atoms with E-state index in [4.69, 9.17) is 5.11 Å². The fourth-order valence-electron chi connectivity index (χ4n) is 3.19. The molecule has 5 nitrogen and oxygen atoms in total. The first kappa shape index (κ1) is 16.5. The molecule has 0 aromatic rings. The summed E-state index contributed by atoms with van der Waals surface area (Å²) in [7, 11) is 0. The lowest BCUT2D eigenvalue weighted by Crippen LogP contribution is -2.57. The lowest BCUT2D eigenvalue weighted by Gasteiger charge is -2.42. The Balaban J connectivity index is 1.74. The van der Waals surface area contributed by atoms with E-state index in [-0.39, 0.29) is 22.6 Å². The van der Waals surface area contributed by atoms with Gasteiger partial charge in [0.05, 0.1) is 5.92 Å². The van der Waals surface area contributed by atoms with Gasteiger partial charge in [0, 0.05) is 30.3 Å². The number of urea groups is 1. The number of hydrogen-bond donors (Lipinski definition) is 2. The van der Waals surface area contributed by atoms with Crippen LogP contribution in [0.3, 0.4) is 0 Å². The van der Waals surface area contributed by atoms with E-state index >= 15 is 0 Å². The fourth-order valence-corrected chi connectivity index (χ4v) is 4.11. The van der Waals surface area contributed by atoms with Gasteiger partial charge in [-0.05, 0) is 19.1 Å². The summed E-state index contributed by atoms with van der Waals surface area (Å²) in [6.07, 6.45) is 8.28. The van der Waals surface area contributed by atoms with Crippen LogP contribution < -0.4 is 5.32 Å². The van der Waals surface area contributed by atoms with Gasteiger partial charge in [-0.15, -0.1) is 0 Å². The standard InChI is InChI=1S/C15H26N2O3S/c1-11(13(18)19)12-8-17(9-12)14(20)16-10-15(21-2)6-4-3-5-7-15/h11-12H,3-10H2,1-2H3,(H,16,20)(H,18,19). The van der Waals surface area contributed by atoms with Crippen LogP contribution in [0, 0.1) is 11.8 Å². The minimum absolute atomic E-state index is 0.0390. The van der Waals surface area contributed by atoms with Crippen molar-refractivity contribution < 1.29 is 14.7 Å². The van der Waals surface area contributed by atoms with Crippen molar-refractivity contribution in [2.45, 2.75) is 43.8 Å². The molecule has 1 atom stereocenters. The number of carbonyl (C=O) groups is 2. The van der Waals surface area contributed by atoms with Gasteiger partial charge in [0.2, 0.25) is 0 Å². The van der Waals surface area contributed by atoms with E-state index in [1.54, 1.807) is 11.8 Å². The van der Waals surface area contributed by atoms with Crippen molar-refractivity contribution in [1.29, 1.82) is 0 Å². The molecule has 21 heavy (non-hydrogen) atoms. The Kier molecular flexibility index (Phi) is 5.41. The fraction of sp³-hybridized carbons (Fsp3) is 0.867. The van der Waals surface area contributed by atoms with Gasteiger partial charge in [0.15, 0.2) is 0 Å². The zero-order valence-electron chi connectivity index (χ0n) is 12.9. The van der Waals surface area contributed by atoms with E-state index in [1.807, 2.05) is 11.8 Å². The molecule has 6 heteroatoms. The monoisotopic (exact) mass is 314 g/mol. The summed E-state index contributed by atoms with van der Waals surface area (Å²) >= 11 is 1.87. The molecule has 1 unspecified atom stereocenters. The van der Waals surface area contributed by atoms with Crippen LogP contribution in [-0.4, -0.2) is 52.6 Å². The van der Waals surface area contributed by atoms with Crippen LogP contribution in [0.4, 0.5) is 4.79 Å². The quantitative estimate of drug-likeness (QED) is 0.817. The highest BCUT2D eigenvalue weighted by Crippen LogP contribution is 2.38. The Bertz CT molecular complexity index is 390. The maximum atomic E-state index is 12.1. The molecule has 2 fully saturated rings. The zero-order chi connectivity index (χ0) is 15.5. The highest BCUT2D eigenvalue weighted by Gasteiger charge is 2.38. The SMILES string of the molecule is CSC1(CNC(=O)N2CC(C(C)C(=O)O)C2)CCCCC1. The van der Waals surface area contributed by atoms with Crippen molar-refractivity contribution in [2.75, 3.05) is 25.9 Å². The van der Waals surface area contributed by atoms with E-state index in [9.17, 15) is 9.59 Å². The Morgan fingerprint density at radius 1 is 1.33 bits per heavy atom. The van der Waals surface area contributed by atoms with Gasteiger partial charge in [-0.1, -0.05) is 26.2 Å². The normalized spacial score (nSPS) is 23.2. The number of rotatable bonds is 5. The first-order valence-corrected chi connectivity index (χ1v) is 9.01. The lowest BCUT2D eigenvalue weighted by molar-refractivity contribution is -0.144. The predicted octanol–water partition coefficient (Wildman–Crippen LogP) is 2.41. The number of carbonyl (C=O) groups excluding carboxylic acids is 1. The lowest BCUT2D eigenvalue weighted by atomic mass is 9.87. The first-order valence-electron chi connectivity index (χ1n) is 7.78. The van der Waals surface area contributed by atoms with Crippen molar-refractivity contribution in [1.82, 2.24) is 10.2 Å². The largest absolute Gasteiger partial charge is 0.481 e. The summed E-state index contributed by atoms with van der Waals surface area (Å²) in [6.45, 7) is 3.56. The molecule has 2 aliphatic rings. The van der Waals surface area contributed by atoms with Crippen LogP contribution in [0.15, 0.2) is 0 Å². The third-order valence-corrected chi connectivity index (χ3v) is 6.47. The molecule has 0 radical (unpaired) electrons. The molecule has 2 rings (SSSR count). The van der Waals surface area contributed by atoms with Crippen molar-refractivity contribution in [2.24, 2.45) is 11.8 Å². The maximum absolute atomic E-state index is 12.1. The molecule has 120 valence electrons. The number of likely N-dealkylation sites (tertiary alicyclic amines) is 1. The van der Waals surface area contributed by atoms with Gasteiger partial charge in [-0.2, -0.15) is 11.8 Å². The van der Waals surface area contributed by atoms with Gasteiger partial charge >= 0.3 is 12.0 Å². The Hall–Kier alpha value is -0.910. The highest BCUT2D eigenvalue weighted by atomic mass is 32.2. The van der Waals surface area contributed by atoms with E-state index in [1.165, 1.54) is 32.1 Å². The number of aliphatic carboxylic acids is 1. The van der Waals surface area contributed by atoms with Gasteiger partial charge < -0.3 is 15.3 Å². The zero-order valence-corrected chi connectivity index (χ0v) is 13.7. The van der Waals surface area contributed by atoms with E-state index in [0.717, 1.165) is 6.54 Å². The van der Waals surface area contributed by atoms with E-state index in [2.05, 4.69) is 11.6 Å². The number of nitrogens with zero attached hydrogens (tertiary/aromatic N) is 1. The second-order valence-corrected chi connectivity index (χ2v) is 7.67. The second-order valence-electron chi connectivity index (χ2n) is 6.40. The Morgan fingerprint density at radius 3 is 2.48 bits per heavy atom. The molecule has 0 spiro atoms. The molecule has 1 heterocycles. The van der Waals surface area contributed by atoms with E-state index in [0.29, 0.717) is 13.1 Å². The third kappa shape index (κ3) is 3.84. The number of amides is 2. The number of hydrogen-bond acceptors (Lipinski definition) is 3. The van der Waals surface area contributed by atoms with Gasteiger partial charge in [0.25, 0.3) is 0 Å². The molecule has 1 aliphatic heterocycles. The van der Waals surface area contributed by atoms with Crippen LogP contribution in [0.2, 0.25) is 0 Å². The van der Waals surface area contributed by atoms with Crippen molar-refractivity contribution in [3.63, 3.8) is 0 Å². The highest BCUT2D eigenvalue weighted by molar-refractivity contribution is 8.00. The van der Waals surface area contributed by atoms with Crippen LogP contribution in [0.25, 0.3) is 0 Å². The molecule has 1 aliphatic carbocycles. The molecule has 2 amide bonds. The van der Waals surface area contributed by atoms with Crippen LogP contribution in [0.5, 0.6) is 0 Å². The predicted molar refractivity (Wildman–Crippen MR) is 84.6 cm³/mol.